The van der Waals surface area contributed by atoms with E-state index in [2.05, 4.69) is 0 Å². The van der Waals surface area contributed by atoms with Crippen LogP contribution in [0.3, 0.4) is 0 Å². The smallest absolute Gasteiger partial charge is 0.323 e. The Morgan fingerprint density at radius 1 is 1.62 bits per heavy atom. The van der Waals surface area contributed by atoms with Crippen LogP contribution in [-0.2, 0) is 14.3 Å². The minimum Gasteiger partial charge on any atom is -0.480 e. The van der Waals surface area contributed by atoms with E-state index in [0.29, 0.717) is 13.2 Å². The van der Waals surface area contributed by atoms with Crippen molar-refractivity contribution >= 4 is 11.9 Å². The first-order chi connectivity index (χ1) is 6.13. The topological polar surface area (TPSA) is 96.2 Å². The van der Waals surface area contributed by atoms with Crippen LogP contribution >= 0.6 is 0 Å². The summed E-state index contributed by atoms with van der Waals surface area (Å²) < 4.78 is 4.89. The fourth-order valence-electron chi connectivity index (χ4n) is 0.966. The van der Waals surface area contributed by atoms with E-state index in [4.69, 9.17) is 15.6 Å². The highest BCUT2D eigenvalue weighted by atomic mass is 16.6. The van der Waals surface area contributed by atoms with Gasteiger partial charge in [0.1, 0.15) is 6.54 Å². The molecule has 0 radical (unpaired) electrons. The van der Waals surface area contributed by atoms with Crippen molar-refractivity contribution in [3.8, 4) is 0 Å². The van der Waals surface area contributed by atoms with Gasteiger partial charge in [0, 0.05) is 6.54 Å². The number of nitrogens with zero attached hydrogens (tertiary/aromatic N) is 1. The molecule has 0 aliphatic carbocycles. The third-order valence-corrected chi connectivity index (χ3v) is 1.68. The number of nitrogens with two attached hydrogens (primary N) is 1. The third kappa shape index (κ3) is 3.39. The van der Waals surface area contributed by atoms with E-state index < -0.39 is 5.97 Å². The SMILES string of the molecule is NCC(=O)N(CC(=O)O)CC1CO1. The molecule has 1 aliphatic heterocycles. The molecule has 74 valence electrons. The van der Waals surface area contributed by atoms with Crippen molar-refractivity contribution in [1.29, 1.82) is 0 Å². The van der Waals surface area contributed by atoms with Crippen LogP contribution in [-0.4, -0.2) is 54.2 Å². The summed E-state index contributed by atoms with van der Waals surface area (Å²) in [7, 11) is 0. The number of epoxide rings is 1. The Bertz CT molecular complexity index is 215. The number of carbonyl (C=O) groups excluding carboxylic acids is 1. The largest absolute Gasteiger partial charge is 0.480 e. The highest BCUT2D eigenvalue weighted by Gasteiger charge is 2.28. The van der Waals surface area contributed by atoms with Gasteiger partial charge < -0.3 is 20.5 Å². The van der Waals surface area contributed by atoms with Gasteiger partial charge in [-0.3, -0.25) is 9.59 Å². The molecule has 6 nitrogen and oxygen atoms in total. The highest BCUT2D eigenvalue weighted by Crippen LogP contribution is 2.10. The van der Waals surface area contributed by atoms with Crippen molar-refractivity contribution in [1.82, 2.24) is 4.90 Å². The van der Waals surface area contributed by atoms with Crippen molar-refractivity contribution < 1.29 is 19.4 Å². The number of carbonyl (C=O) groups is 2. The average molecular weight is 188 g/mol. The molecule has 0 bridgehead atoms. The van der Waals surface area contributed by atoms with E-state index in [9.17, 15) is 9.59 Å². The Labute approximate surface area is 75.3 Å². The van der Waals surface area contributed by atoms with Gasteiger partial charge in [-0.05, 0) is 0 Å². The van der Waals surface area contributed by atoms with Gasteiger partial charge >= 0.3 is 5.97 Å². The van der Waals surface area contributed by atoms with Crippen LogP contribution in [0.1, 0.15) is 0 Å². The number of ether oxygens (including phenoxy) is 1. The number of aliphatic carboxylic acids is 1. The summed E-state index contributed by atoms with van der Waals surface area (Å²) in [6, 6.07) is 0. The van der Waals surface area contributed by atoms with E-state index in [1.54, 1.807) is 0 Å². The van der Waals surface area contributed by atoms with Crippen LogP contribution < -0.4 is 5.73 Å². The van der Waals surface area contributed by atoms with E-state index in [0.717, 1.165) is 0 Å². The van der Waals surface area contributed by atoms with Crippen molar-refractivity contribution in [3.63, 3.8) is 0 Å². The van der Waals surface area contributed by atoms with E-state index >= 15 is 0 Å². The molecule has 0 aromatic heterocycles. The first-order valence-electron chi connectivity index (χ1n) is 3.94. The van der Waals surface area contributed by atoms with Crippen LogP contribution in [0.5, 0.6) is 0 Å². The first kappa shape index (κ1) is 9.94. The molecule has 1 fully saturated rings. The second-order valence-electron chi connectivity index (χ2n) is 2.83. The molecule has 1 aliphatic rings. The zero-order valence-electron chi connectivity index (χ0n) is 7.10. The number of carboxylic acids is 1. The Morgan fingerprint density at radius 2 is 2.23 bits per heavy atom. The molecule has 13 heavy (non-hydrogen) atoms. The Hall–Kier alpha value is -1.14. The van der Waals surface area contributed by atoms with Gasteiger partial charge in [-0.1, -0.05) is 0 Å². The lowest BCUT2D eigenvalue weighted by atomic mass is 10.3. The maximum Gasteiger partial charge on any atom is 0.323 e. The quantitative estimate of drug-likeness (QED) is 0.499. The lowest BCUT2D eigenvalue weighted by molar-refractivity contribution is -0.144. The van der Waals surface area contributed by atoms with Crippen LogP contribution in [0.15, 0.2) is 0 Å². The van der Waals surface area contributed by atoms with Gasteiger partial charge in [-0.25, -0.2) is 0 Å². The Morgan fingerprint density at radius 3 is 2.62 bits per heavy atom. The molecule has 0 aromatic rings. The predicted octanol–water partition coefficient (Wildman–Crippen LogP) is -1.74. The summed E-state index contributed by atoms with van der Waals surface area (Å²) in [6.45, 7) is 0.437. The Kier molecular flexibility index (Phi) is 3.21. The van der Waals surface area contributed by atoms with E-state index in [1.807, 2.05) is 0 Å². The van der Waals surface area contributed by atoms with Gasteiger partial charge in [-0.15, -0.1) is 0 Å². The van der Waals surface area contributed by atoms with Gasteiger partial charge in [0.15, 0.2) is 0 Å². The van der Waals surface area contributed by atoms with E-state index in [-0.39, 0.29) is 25.1 Å². The normalized spacial score (nSPS) is 19.6. The van der Waals surface area contributed by atoms with Gasteiger partial charge in [0.25, 0.3) is 0 Å². The van der Waals surface area contributed by atoms with Gasteiger partial charge in [0.05, 0.1) is 19.3 Å². The van der Waals surface area contributed by atoms with Crippen LogP contribution in [0.25, 0.3) is 0 Å². The van der Waals surface area contributed by atoms with Crippen molar-refractivity contribution in [2.75, 3.05) is 26.2 Å². The highest BCUT2D eigenvalue weighted by molar-refractivity contribution is 5.82. The van der Waals surface area contributed by atoms with E-state index in [1.165, 1.54) is 4.90 Å². The predicted molar refractivity (Wildman–Crippen MR) is 43.0 cm³/mol. The number of rotatable bonds is 5. The van der Waals surface area contributed by atoms with Crippen molar-refractivity contribution in [2.45, 2.75) is 6.10 Å². The molecule has 0 spiro atoms. The molecule has 3 N–H and O–H groups in total. The second kappa shape index (κ2) is 4.20. The lowest BCUT2D eigenvalue weighted by Crippen LogP contribution is -2.41. The summed E-state index contributed by atoms with van der Waals surface area (Å²) >= 11 is 0. The summed E-state index contributed by atoms with van der Waals surface area (Å²) in [5.74, 6) is -1.40. The van der Waals surface area contributed by atoms with Crippen molar-refractivity contribution in [2.24, 2.45) is 5.73 Å². The number of carboxylic acid groups (broad SMARTS) is 1. The summed E-state index contributed by atoms with van der Waals surface area (Å²) in [6.07, 6.45) is -0.00477. The zero-order chi connectivity index (χ0) is 9.84. The zero-order valence-corrected chi connectivity index (χ0v) is 7.10. The molecule has 6 heteroatoms. The molecule has 0 saturated carbocycles. The summed E-state index contributed by atoms with van der Waals surface area (Å²) in [5.41, 5.74) is 5.12. The van der Waals surface area contributed by atoms with Gasteiger partial charge in [-0.2, -0.15) is 0 Å². The molecule has 0 aromatic carbocycles. The fraction of sp³-hybridized carbons (Fsp3) is 0.714. The molecule has 1 amide bonds. The lowest BCUT2D eigenvalue weighted by Gasteiger charge is -2.18. The maximum atomic E-state index is 11.1. The van der Waals surface area contributed by atoms with Crippen LogP contribution in [0.2, 0.25) is 0 Å². The first-order valence-corrected chi connectivity index (χ1v) is 3.94. The van der Waals surface area contributed by atoms with Gasteiger partial charge in [0.2, 0.25) is 5.91 Å². The molecule has 1 atom stereocenters. The Balaban J connectivity index is 2.41. The summed E-state index contributed by atoms with van der Waals surface area (Å²) in [4.78, 5) is 22.6. The minimum absolute atomic E-state index is 0.00477. The monoisotopic (exact) mass is 188 g/mol. The third-order valence-electron chi connectivity index (χ3n) is 1.68. The van der Waals surface area contributed by atoms with Crippen LogP contribution in [0.4, 0.5) is 0 Å². The molecule has 1 rings (SSSR count). The average Bonchev–Trinajstić information content (AvgIpc) is 2.85. The van der Waals surface area contributed by atoms with Crippen molar-refractivity contribution in [3.05, 3.63) is 0 Å². The molecule has 1 heterocycles. The standard InChI is InChI=1S/C7H12N2O4/c8-1-6(10)9(3-7(11)12)2-5-4-13-5/h5H,1-4,8H2,(H,11,12). The number of hydrogen-bond acceptors (Lipinski definition) is 4. The fourth-order valence-corrected chi connectivity index (χ4v) is 0.966. The number of amides is 1. The molecular weight excluding hydrogens is 176 g/mol. The second-order valence-corrected chi connectivity index (χ2v) is 2.83. The molecule has 1 saturated heterocycles. The molecule has 1 unspecified atom stereocenters. The van der Waals surface area contributed by atoms with Crippen LogP contribution in [0, 0.1) is 0 Å². The number of hydrogen-bond donors (Lipinski definition) is 2. The minimum atomic E-state index is -1.04. The summed E-state index contributed by atoms with van der Waals surface area (Å²) in [5, 5.41) is 8.49. The molecular formula is C7H12N2O4. The maximum absolute atomic E-state index is 11.1.